The first kappa shape index (κ1) is 16.5. The van der Waals surface area contributed by atoms with Gasteiger partial charge in [-0.05, 0) is 43.7 Å². The standard InChI is InChI=1S/C18H16ClFN2O2/c1-11-2-5-13(6-3-11)22-9-8-16(18(22)24)21-17(23)14-7-4-12(20)10-15(14)19/h2-7,10,16H,8-9H2,1H3,(H,21,23). The minimum Gasteiger partial charge on any atom is -0.340 e. The lowest BCUT2D eigenvalue weighted by Crippen LogP contribution is -2.41. The molecule has 1 heterocycles. The molecule has 1 aliphatic heterocycles. The summed E-state index contributed by atoms with van der Waals surface area (Å²) in [5.74, 6) is -1.16. The lowest BCUT2D eigenvalue weighted by Gasteiger charge is -2.17. The average molecular weight is 347 g/mol. The quantitative estimate of drug-likeness (QED) is 0.926. The predicted octanol–water partition coefficient (Wildman–Crippen LogP) is 3.32. The van der Waals surface area contributed by atoms with Crippen LogP contribution in [-0.4, -0.2) is 24.4 Å². The molecule has 2 amide bonds. The fourth-order valence-corrected chi connectivity index (χ4v) is 2.96. The molecule has 1 N–H and O–H groups in total. The molecule has 0 bridgehead atoms. The largest absolute Gasteiger partial charge is 0.340 e. The highest BCUT2D eigenvalue weighted by atomic mass is 35.5. The minimum absolute atomic E-state index is 0.0216. The summed E-state index contributed by atoms with van der Waals surface area (Å²) in [4.78, 5) is 26.4. The molecule has 0 spiro atoms. The zero-order valence-corrected chi connectivity index (χ0v) is 13.8. The Morgan fingerprint density at radius 3 is 2.62 bits per heavy atom. The summed E-state index contributed by atoms with van der Waals surface area (Å²) in [6.07, 6.45) is 0.511. The van der Waals surface area contributed by atoms with Crippen LogP contribution in [0.3, 0.4) is 0 Å². The van der Waals surface area contributed by atoms with E-state index in [4.69, 9.17) is 11.6 Å². The summed E-state index contributed by atoms with van der Waals surface area (Å²) in [6, 6.07) is 10.6. The van der Waals surface area contributed by atoms with Crippen LogP contribution in [0.4, 0.5) is 10.1 Å². The first-order valence-corrected chi connectivity index (χ1v) is 7.97. The van der Waals surface area contributed by atoms with Crippen molar-refractivity contribution in [2.45, 2.75) is 19.4 Å². The Morgan fingerprint density at radius 2 is 1.96 bits per heavy atom. The second-order valence-electron chi connectivity index (χ2n) is 5.76. The molecule has 124 valence electrons. The van der Waals surface area contributed by atoms with E-state index in [1.807, 2.05) is 31.2 Å². The molecule has 0 aliphatic carbocycles. The maximum absolute atomic E-state index is 13.1. The number of benzene rings is 2. The number of nitrogens with one attached hydrogen (secondary N) is 1. The van der Waals surface area contributed by atoms with Crippen LogP contribution in [0.5, 0.6) is 0 Å². The number of hydrogen-bond donors (Lipinski definition) is 1. The van der Waals surface area contributed by atoms with E-state index in [1.54, 1.807) is 4.90 Å². The normalized spacial score (nSPS) is 17.2. The topological polar surface area (TPSA) is 49.4 Å². The number of amides is 2. The summed E-state index contributed by atoms with van der Waals surface area (Å²) < 4.78 is 13.1. The second kappa shape index (κ2) is 6.61. The van der Waals surface area contributed by atoms with Gasteiger partial charge in [-0.15, -0.1) is 0 Å². The number of rotatable bonds is 3. The number of hydrogen-bond acceptors (Lipinski definition) is 2. The minimum atomic E-state index is -0.611. The Hall–Kier alpha value is -2.40. The fourth-order valence-electron chi connectivity index (χ4n) is 2.70. The third-order valence-corrected chi connectivity index (χ3v) is 4.34. The lowest BCUT2D eigenvalue weighted by molar-refractivity contribution is -0.118. The van der Waals surface area contributed by atoms with Gasteiger partial charge < -0.3 is 10.2 Å². The van der Waals surface area contributed by atoms with Crippen molar-refractivity contribution in [3.05, 3.63) is 64.4 Å². The molecule has 6 heteroatoms. The summed E-state index contributed by atoms with van der Waals surface area (Å²) in [7, 11) is 0. The Kier molecular flexibility index (Phi) is 4.53. The molecule has 1 saturated heterocycles. The third-order valence-electron chi connectivity index (χ3n) is 4.03. The van der Waals surface area contributed by atoms with E-state index in [1.165, 1.54) is 6.07 Å². The van der Waals surface area contributed by atoms with E-state index >= 15 is 0 Å². The van der Waals surface area contributed by atoms with Crippen LogP contribution in [0.2, 0.25) is 5.02 Å². The van der Waals surface area contributed by atoms with Gasteiger partial charge in [0.1, 0.15) is 11.9 Å². The average Bonchev–Trinajstić information content (AvgIpc) is 2.89. The highest BCUT2D eigenvalue weighted by Crippen LogP contribution is 2.23. The van der Waals surface area contributed by atoms with Gasteiger partial charge in [0.15, 0.2) is 0 Å². The van der Waals surface area contributed by atoms with Crippen LogP contribution < -0.4 is 10.2 Å². The van der Waals surface area contributed by atoms with Crippen molar-refractivity contribution in [1.82, 2.24) is 5.32 Å². The van der Waals surface area contributed by atoms with E-state index in [-0.39, 0.29) is 16.5 Å². The van der Waals surface area contributed by atoms with E-state index in [2.05, 4.69) is 5.32 Å². The van der Waals surface area contributed by atoms with Gasteiger partial charge in [0.05, 0.1) is 10.6 Å². The summed E-state index contributed by atoms with van der Waals surface area (Å²) in [6.45, 7) is 2.51. The van der Waals surface area contributed by atoms with Gasteiger partial charge in [-0.3, -0.25) is 9.59 Å². The number of nitrogens with zero attached hydrogens (tertiary/aromatic N) is 1. The van der Waals surface area contributed by atoms with Crippen LogP contribution >= 0.6 is 11.6 Å². The van der Waals surface area contributed by atoms with Crippen LogP contribution in [0.25, 0.3) is 0 Å². The molecule has 1 unspecified atom stereocenters. The summed E-state index contributed by atoms with van der Waals surface area (Å²) in [5, 5.41) is 2.70. The van der Waals surface area contributed by atoms with Gasteiger partial charge in [-0.2, -0.15) is 0 Å². The highest BCUT2D eigenvalue weighted by Gasteiger charge is 2.34. The predicted molar refractivity (Wildman–Crippen MR) is 90.8 cm³/mol. The molecule has 0 aromatic heterocycles. The second-order valence-corrected chi connectivity index (χ2v) is 6.17. The van der Waals surface area contributed by atoms with Gasteiger partial charge in [0.2, 0.25) is 5.91 Å². The fraction of sp³-hybridized carbons (Fsp3) is 0.222. The molecular formula is C18H16ClFN2O2. The molecule has 3 rings (SSSR count). The van der Waals surface area contributed by atoms with E-state index in [0.717, 1.165) is 23.4 Å². The Balaban J connectivity index is 1.71. The van der Waals surface area contributed by atoms with Crippen molar-refractivity contribution >= 4 is 29.1 Å². The van der Waals surface area contributed by atoms with Crippen molar-refractivity contribution in [2.24, 2.45) is 0 Å². The van der Waals surface area contributed by atoms with Crippen LogP contribution in [-0.2, 0) is 4.79 Å². The van der Waals surface area contributed by atoms with Gasteiger partial charge in [0, 0.05) is 12.2 Å². The molecule has 2 aromatic carbocycles. The Bertz CT molecular complexity index is 792. The highest BCUT2D eigenvalue weighted by molar-refractivity contribution is 6.33. The maximum Gasteiger partial charge on any atom is 0.253 e. The zero-order chi connectivity index (χ0) is 17.3. The number of aryl methyl sites for hydroxylation is 1. The molecule has 1 fully saturated rings. The lowest BCUT2D eigenvalue weighted by atomic mass is 10.1. The van der Waals surface area contributed by atoms with Gasteiger partial charge in [-0.1, -0.05) is 29.3 Å². The van der Waals surface area contributed by atoms with Crippen LogP contribution in [0, 0.1) is 12.7 Å². The monoisotopic (exact) mass is 346 g/mol. The first-order valence-electron chi connectivity index (χ1n) is 7.59. The van der Waals surface area contributed by atoms with Crippen LogP contribution in [0.1, 0.15) is 22.3 Å². The van der Waals surface area contributed by atoms with Crippen molar-refractivity contribution in [3.63, 3.8) is 0 Å². The number of halogens is 2. The molecule has 2 aromatic rings. The van der Waals surface area contributed by atoms with Gasteiger partial charge in [-0.25, -0.2) is 4.39 Å². The molecule has 1 atom stereocenters. The number of carbonyl (C=O) groups is 2. The van der Waals surface area contributed by atoms with E-state index < -0.39 is 17.8 Å². The van der Waals surface area contributed by atoms with Crippen molar-refractivity contribution in [2.75, 3.05) is 11.4 Å². The molecule has 1 aliphatic rings. The van der Waals surface area contributed by atoms with Crippen molar-refractivity contribution < 1.29 is 14.0 Å². The molecule has 0 saturated carbocycles. The number of carbonyl (C=O) groups excluding carboxylic acids is 2. The Morgan fingerprint density at radius 1 is 1.25 bits per heavy atom. The first-order chi connectivity index (χ1) is 11.5. The summed E-state index contributed by atoms with van der Waals surface area (Å²) >= 11 is 5.89. The molecular weight excluding hydrogens is 331 g/mol. The Labute approximate surface area is 144 Å². The van der Waals surface area contributed by atoms with Gasteiger partial charge in [0.25, 0.3) is 5.91 Å². The van der Waals surface area contributed by atoms with Gasteiger partial charge >= 0.3 is 0 Å². The van der Waals surface area contributed by atoms with Crippen molar-refractivity contribution in [1.29, 1.82) is 0 Å². The summed E-state index contributed by atoms with van der Waals surface area (Å²) in [5.41, 5.74) is 2.07. The molecule has 0 radical (unpaired) electrons. The molecule has 4 nitrogen and oxygen atoms in total. The molecule has 24 heavy (non-hydrogen) atoms. The van der Waals surface area contributed by atoms with E-state index in [9.17, 15) is 14.0 Å². The van der Waals surface area contributed by atoms with Crippen molar-refractivity contribution in [3.8, 4) is 0 Å². The third kappa shape index (κ3) is 3.26. The SMILES string of the molecule is Cc1ccc(N2CCC(NC(=O)c3ccc(F)cc3Cl)C2=O)cc1. The van der Waals surface area contributed by atoms with E-state index in [0.29, 0.717) is 13.0 Å². The zero-order valence-electron chi connectivity index (χ0n) is 13.1. The number of anilines is 1. The smallest absolute Gasteiger partial charge is 0.253 e. The van der Waals surface area contributed by atoms with Crippen LogP contribution in [0.15, 0.2) is 42.5 Å². The maximum atomic E-state index is 13.1.